The summed E-state index contributed by atoms with van der Waals surface area (Å²) >= 11 is 11.9. The van der Waals surface area contributed by atoms with Gasteiger partial charge < -0.3 is 5.32 Å². The van der Waals surface area contributed by atoms with Crippen molar-refractivity contribution in [3.05, 3.63) is 27.7 Å². The van der Waals surface area contributed by atoms with Gasteiger partial charge in [0, 0.05) is 22.6 Å². The molecule has 2 N–H and O–H groups in total. The fourth-order valence-electron chi connectivity index (χ4n) is 1.52. The Morgan fingerprint density at radius 1 is 1.26 bits per heavy atom. The van der Waals surface area contributed by atoms with Crippen molar-refractivity contribution in [2.45, 2.75) is 31.7 Å². The molecule has 0 aromatic heterocycles. The molecule has 0 spiro atoms. The molecule has 19 heavy (non-hydrogen) atoms. The number of benzene rings is 1. The maximum absolute atomic E-state index is 12.1. The van der Waals surface area contributed by atoms with E-state index >= 15 is 0 Å². The number of likely N-dealkylation sites (N-methyl/N-ethyl adjacent to an activating group) is 1. The minimum absolute atomic E-state index is 0.0520. The fraction of sp³-hybridized carbons (Fsp3) is 0.500. The quantitative estimate of drug-likeness (QED) is 0.845. The Morgan fingerprint density at radius 2 is 1.79 bits per heavy atom. The van der Waals surface area contributed by atoms with Gasteiger partial charge in [0.05, 0.1) is 4.90 Å². The van der Waals surface area contributed by atoms with Crippen molar-refractivity contribution in [2.75, 3.05) is 13.1 Å². The van der Waals surface area contributed by atoms with E-state index in [0.717, 1.165) is 6.54 Å². The van der Waals surface area contributed by atoms with E-state index < -0.39 is 10.0 Å². The normalized spacial score (nSPS) is 13.5. The van der Waals surface area contributed by atoms with Crippen LogP contribution < -0.4 is 10.0 Å². The summed E-state index contributed by atoms with van der Waals surface area (Å²) in [5.74, 6) is 0. The lowest BCUT2D eigenvalue weighted by Crippen LogP contribution is -2.38. The highest BCUT2D eigenvalue weighted by Crippen LogP contribution is 2.27. The van der Waals surface area contributed by atoms with Crippen LogP contribution in [0.4, 0.5) is 0 Å². The van der Waals surface area contributed by atoms with Crippen LogP contribution in [0.5, 0.6) is 0 Å². The summed E-state index contributed by atoms with van der Waals surface area (Å²) in [5.41, 5.74) is 0.670. The number of halogens is 2. The second kappa shape index (κ2) is 6.90. The van der Waals surface area contributed by atoms with Crippen molar-refractivity contribution >= 4 is 33.2 Å². The largest absolute Gasteiger partial charge is 0.313 e. The molecular formula is C12H18Cl2N2O2S. The summed E-state index contributed by atoms with van der Waals surface area (Å²) in [7, 11) is -3.59. The van der Waals surface area contributed by atoms with E-state index in [1.807, 2.05) is 13.8 Å². The van der Waals surface area contributed by atoms with Gasteiger partial charge in [0.1, 0.15) is 0 Å². The van der Waals surface area contributed by atoms with Crippen LogP contribution in [0.3, 0.4) is 0 Å². The lowest BCUT2D eigenvalue weighted by molar-refractivity contribution is 0.536. The Hall–Kier alpha value is -0.330. The molecule has 0 amide bonds. The van der Waals surface area contributed by atoms with Crippen LogP contribution in [0.1, 0.15) is 19.4 Å². The third-order valence-corrected chi connectivity index (χ3v) is 4.89. The van der Waals surface area contributed by atoms with Crippen LogP contribution in [0.2, 0.25) is 10.0 Å². The van der Waals surface area contributed by atoms with Crippen LogP contribution in [-0.4, -0.2) is 27.5 Å². The van der Waals surface area contributed by atoms with Gasteiger partial charge in [-0.3, -0.25) is 0 Å². The van der Waals surface area contributed by atoms with Crippen LogP contribution in [-0.2, 0) is 10.0 Å². The molecule has 0 aliphatic rings. The van der Waals surface area contributed by atoms with Crippen LogP contribution in [0.25, 0.3) is 0 Å². The first-order valence-corrected chi connectivity index (χ1v) is 8.20. The Morgan fingerprint density at radius 3 is 2.26 bits per heavy atom. The fourth-order valence-corrected chi connectivity index (χ4v) is 3.31. The summed E-state index contributed by atoms with van der Waals surface area (Å²) < 4.78 is 26.7. The molecule has 0 saturated carbocycles. The van der Waals surface area contributed by atoms with Gasteiger partial charge in [-0.25, -0.2) is 13.1 Å². The molecule has 4 nitrogen and oxygen atoms in total. The van der Waals surface area contributed by atoms with Crippen molar-refractivity contribution in [1.82, 2.24) is 10.0 Å². The molecule has 0 unspecified atom stereocenters. The Kier molecular flexibility index (Phi) is 6.08. The average Bonchev–Trinajstić information content (AvgIpc) is 2.33. The molecule has 0 bridgehead atoms. The molecular weight excluding hydrogens is 307 g/mol. The lowest BCUT2D eigenvalue weighted by atomic mass is 10.2. The van der Waals surface area contributed by atoms with Gasteiger partial charge in [0.15, 0.2) is 0 Å². The van der Waals surface area contributed by atoms with Gasteiger partial charge in [-0.1, -0.05) is 30.1 Å². The summed E-state index contributed by atoms with van der Waals surface area (Å²) in [6.45, 7) is 6.69. The molecule has 0 fully saturated rings. The van der Waals surface area contributed by atoms with E-state index in [9.17, 15) is 8.42 Å². The van der Waals surface area contributed by atoms with E-state index in [1.165, 1.54) is 12.1 Å². The van der Waals surface area contributed by atoms with Crippen LogP contribution in [0, 0.1) is 6.92 Å². The van der Waals surface area contributed by atoms with Gasteiger partial charge >= 0.3 is 0 Å². The Labute approximate surface area is 124 Å². The maximum atomic E-state index is 12.1. The highest BCUT2D eigenvalue weighted by atomic mass is 35.5. The molecule has 108 valence electrons. The third kappa shape index (κ3) is 4.61. The van der Waals surface area contributed by atoms with Gasteiger partial charge in [0.2, 0.25) is 10.0 Å². The Balaban J connectivity index is 2.89. The first-order valence-electron chi connectivity index (χ1n) is 5.96. The van der Waals surface area contributed by atoms with Crippen LogP contribution >= 0.6 is 23.2 Å². The summed E-state index contributed by atoms with van der Waals surface area (Å²) in [4.78, 5) is 0.0804. The van der Waals surface area contributed by atoms with E-state index in [-0.39, 0.29) is 10.9 Å². The van der Waals surface area contributed by atoms with Crippen molar-refractivity contribution in [1.29, 1.82) is 0 Å². The second-order valence-corrected chi connectivity index (χ2v) is 6.90. The zero-order chi connectivity index (χ0) is 14.6. The predicted octanol–water partition coefficient (Wildman–Crippen LogP) is 2.58. The molecule has 0 radical (unpaired) electrons. The predicted molar refractivity (Wildman–Crippen MR) is 79.5 cm³/mol. The molecule has 1 aromatic carbocycles. The molecule has 0 aliphatic heterocycles. The molecule has 7 heteroatoms. The highest BCUT2D eigenvalue weighted by molar-refractivity contribution is 7.89. The van der Waals surface area contributed by atoms with Crippen molar-refractivity contribution < 1.29 is 8.42 Å². The SMILES string of the molecule is CCN[C@H](C)CNS(=O)(=O)c1cc(Cl)c(C)c(Cl)c1. The van der Waals surface area contributed by atoms with Gasteiger partial charge in [-0.05, 0) is 38.1 Å². The van der Waals surface area contributed by atoms with E-state index in [4.69, 9.17) is 23.2 Å². The third-order valence-electron chi connectivity index (χ3n) is 2.70. The zero-order valence-electron chi connectivity index (χ0n) is 11.1. The van der Waals surface area contributed by atoms with E-state index in [1.54, 1.807) is 6.92 Å². The summed E-state index contributed by atoms with van der Waals surface area (Å²) in [6, 6.07) is 2.86. The summed E-state index contributed by atoms with van der Waals surface area (Å²) in [6.07, 6.45) is 0. The molecule has 0 aliphatic carbocycles. The zero-order valence-corrected chi connectivity index (χ0v) is 13.5. The minimum Gasteiger partial charge on any atom is -0.313 e. The van der Waals surface area contributed by atoms with Gasteiger partial charge in [-0.2, -0.15) is 0 Å². The molecule has 1 atom stereocenters. The second-order valence-electron chi connectivity index (χ2n) is 4.32. The highest BCUT2D eigenvalue weighted by Gasteiger charge is 2.17. The number of hydrogen-bond acceptors (Lipinski definition) is 3. The molecule has 1 rings (SSSR count). The number of hydrogen-bond donors (Lipinski definition) is 2. The topological polar surface area (TPSA) is 58.2 Å². The number of nitrogens with one attached hydrogen (secondary N) is 2. The first-order chi connectivity index (χ1) is 8.77. The first kappa shape index (κ1) is 16.7. The van der Waals surface area contributed by atoms with E-state index in [0.29, 0.717) is 22.2 Å². The summed E-state index contributed by atoms with van der Waals surface area (Å²) in [5, 5.41) is 3.80. The van der Waals surface area contributed by atoms with Crippen molar-refractivity contribution in [3.63, 3.8) is 0 Å². The van der Waals surface area contributed by atoms with Crippen molar-refractivity contribution in [3.8, 4) is 0 Å². The maximum Gasteiger partial charge on any atom is 0.240 e. The van der Waals surface area contributed by atoms with E-state index in [2.05, 4.69) is 10.0 Å². The smallest absolute Gasteiger partial charge is 0.240 e. The average molecular weight is 325 g/mol. The standard InChI is InChI=1S/C12H18Cl2N2O2S/c1-4-15-8(2)7-16-19(17,18)10-5-11(13)9(3)12(14)6-10/h5-6,8,15-16H,4,7H2,1-3H3/t8-/m1/s1. The minimum atomic E-state index is -3.59. The lowest BCUT2D eigenvalue weighted by Gasteiger charge is -2.14. The Bertz CT molecular complexity index is 524. The van der Waals surface area contributed by atoms with Crippen molar-refractivity contribution in [2.24, 2.45) is 0 Å². The molecule has 0 saturated heterocycles. The number of rotatable bonds is 6. The van der Waals surface area contributed by atoms with Gasteiger partial charge in [0.25, 0.3) is 0 Å². The number of sulfonamides is 1. The van der Waals surface area contributed by atoms with Gasteiger partial charge in [-0.15, -0.1) is 0 Å². The molecule has 0 heterocycles. The molecule has 1 aromatic rings. The van der Waals surface area contributed by atoms with Crippen LogP contribution in [0.15, 0.2) is 17.0 Å². The monoisotopic (exact) mass is 324 g/mol.